The fraction of sp³-hybridized carbons (Fsp3) is 0.0370. The molecule has 5 aromatic rings. The minimum absolute atomic E-state index is 0.0193. The number of carbonyl (C=O) groups is 2. The summed E-state index contributed by atoms with van der Waals surface area (Å²) in [5, 5.41) is 15.2. The number of hydrogen-bond donors (Lipinski definition) is 2. The van der Waals surface area contributed by atoms with Gasteiger partial charge in [-0.05, 0) is 65.4 Å². The maximum absolute atomic E-state index is 12.8. The number of anilines is 2. The zero-order valence-corrected chi connectivity index (χ0v) is 18.7. The first-order valence-corrected chi connectivity index (χ1v) is 10.8. The fourth-order valence-electron chi connectivity index (χ4n) is 3.62. The number of benzene rings is 4. The molecule has 0 radical (unpaired) electrons. The second-order valence-electron chi connectivity index (χ2n) is 7.65. The number of carbonyl (C=O) groups excluding carboxylic acids is 2. The van der Waals surface area contributed by atoms with Crippen molar-refractivity contribution >= 4 is 34.3 Å². The van der Waals surface area contributed by atoms with Crippen LogP contribution in [0.15, 0.2) is 95.4 Å². The van der Waals surface area contributed by atoms with Gasteiger partial charge in [0.25, 0.3) is 11.8 Å². The van der Waals surface area contributed by atoms with Crippen LogP contribution in [0.25, 0.3) is 22.2 Å². The highest BCUT2D eigenvalue weighted by Crippen LogP contribution is 2.23. The van der Waals surface area contributed by atoms with E-state index in [2.05, 4.69) is 20.8 Å². The molecule has 8 nitrogen and oxygen atoms in total. The highest BCUT2D eigenvalue weighted by Gasteiger charge is 2.14. The van der Waals surface area contributed by atoms with Crippen LogP contribution in [0.2, 0.25) is 0 Å². The minimum atomic E-state index is -0.415. The molecule has 0 aliphatic heterocycles. The zero-order valence-electron chi connectivity index (χ0n) is 18.7. The SMILES string of the molecule is COc1ccc(-c2nnc(NC(=O)c3ccc(NC(=O)c4cccc5ccccc45)cc3)o2)cc1. The largest absolute Gasteiger partial charge is 0.497 e. The topological polar surface area (TPSA) is 106 Å². The van der Waals surface area contributed by atoms with Gasteiger partial charge in [-0.2, -0.15) is 0 Å². The lowest BCUT2D eigenvalue weighted by atomic mass is 10.0. The summed E-state index contributed by atoms with van der Waals surface area (Å²) in [6.45, 7) is 0. The van der Waals surface area contributed by atoms with Gasteiger partial charge in [-0.15, -0.1) is 5.10 Å². The molecule has 5 rings (SSSR count). The van der Waals surface area contributed by atoms with E-state index in [0.29, 0.717) is 28.1 Å². The molecule has 2 N–H and O–H groups in total. The Hall–Kier alpha value is -4.98. The molecular formula is C27H20N4O4. The Kier molecular flexibility index (Phi) is 5.92. The Bertz CT molecular complexity index is 1500. The summed E-state index contributed by atoms with van der Waals surface area (Å²) in [6, 6.07) is 26.9. The second kappa shape index (κ2) is 9.48. The maximum Gasteiger partial charge on any atom is 0.322 e. The van der Waals surface area contributed by atoms with E-state index >= 15 is 0 Å². The van der Waals surface area contributed by atoms with Crippen LogP contribution in [0.4, 0.5) is 11.7 Å². The molecule has 0 unspecified atom stereocenters. The number of hydrogen-bond acceptors (Lipinski definition) is 6. The van der Waals surface area contributed by atoms with Crippen molar-refractivity contribution in [2.24, 2.45) is 0 Å². The van der Waals surface area contributed by atoms with Crippen molar-refractivity contribution in [1.29, 1.82) is 0 Å². The zero-order chi connectivity index (χ0) is 24.2. The molecule has 0 fully saturated rings. The van der Waals surface area contributed by atoms with E-state index in [-0.39, 0.29) is 17.8 Å². The van der Waals surface area contributed by atoms with Gasteiger partial charge in [0.1, 0.15) is 5.75 Å². The van der Waals surface area contributed by atoms with E-state index in [0.717, 1.165) is 10.8 Å². The highest BCUT2D eigenvalue weighted by molar-refractivity contribution is 6.13. The third kappa shape index (κ3) is 4.72. The monoisotopic (exact) mass is 464 g/mol. The summed E-state index contributed by atoms with van der Waals surface area (Å²) in [5.41, 5.74) is 2.22. The number of ether oxygens (including phenoxy) is 1. The van der Waals surface area contributed by atoms with Crippen molar-refractivity contribution < 1.29 is 18.7 Å². The van der Waals surface area contributed by atoms with Gasteiger partial charge in [0.05, 0.1) is 7.11 Å². The molecule has 0 aliphatic carbocycles. The summed E-state index contributed by atoms with van der Waals surface area (Å²) in [4.78, 5) is 25.4. The number of fused-ring (bicyclic) bond motifs is 1. The highest BCUT2D eigenvalue weighted by atomic mass is 16.5. The van der Waals surface area contributed by atoms with Crippen LogP contribution in [0, 0.1) is 0 Å². The van der Waals surface area contributed by atoms with Crippen molar-refractivity contribution in [3.63, 3.8) is 0 Å². The Balaban J connectivity index is 1.24. The van der Waals surface area contributed by atoms with Crippen molar-refractivity contribution in [1.82, 2.24) is 10.2 Å². The van der Waals surface area contributed by atoms with Crippen LogP contribution < -0.4 is 15.4 Å². The van der Waals surface area contributed by atoms with Gasteiger partial charge in [0.15, 0.2) is 0 Å². The number of aromatic nitrogens is 2. The first-order valence-electron chi connectivity index (χ1n) is 10.8. The van der Waals surface area contributed by atoms with Crippen LogP contribution >= 0.6 is 0 Å². The quantitative estimate of drug-likeness (QED) is 0.348. The number of amides is 2. The molecule has 0 spiro atoms. The molecule has 1 aromatic heterocycles. The van der Waals surface area contributed by atoms with Crippen molar-refractivity contribution in [2.75, 3.05) is 17.7 Å². The summed E-state index contributed by atoms with van der Waals surface area (Å²) < 4.78 is 10.7. The van der Waals surface area contributed by atoms with E-state index in [1.165, 1.54) is 0 Å². The van der Waals surface area contributed by atoms with Gasteiger partial charge >= 0.3 is 6.01 Å². The van der Waals surface area contributed by atoms with E-state index in [1.54, 1.807) is 61.7 Å². The molecule has 0 aliphatic rings. The van der Waals surface area contributed by atoms with Crippen LogP contribution in [-0.2, 0) is 0 Å². The fourth-order valence-corrected chi connectivity index (χ4v) is 3.62. The average molecular weight is 464 g/mol. The predicted molar refractivity (Wildman–Crippen MR) is 133 cm³/mol. The summed E-state index contributed by atoms with van der Waals surface area (Å²) in [6.07, 6.45) is 0. The van der Waals surface area contributed by atoms with Crippen molar-refractivity contribution in [3.8, 4) is 17.2 Å². The molecule has 0 saturated heterocycles. The Morgan fingerprint density at radius 1 is 0.771 bits per heavy atom. The number of methoxy groups -OCH3 is 1. The lowest BCUT2D eigenvalue weighted by Gasteiger charge is -2.09. The molecule has 35 heavy (non-hydrogen) atoms. The molecule has 1 heterocycles. The molecule has 0 atom stereocenters. The van der Waals surface area contributed by atoms with Gasteiger partial charge in [-0.25, -0.2) is 0 Å². The van der Waals surface area contributed by atoms with Crippen LogP contribution in [-0.4, -0.2) is 29.1 Å². The van der Waals surface area contributed by atoms with Gasteiger partial charge in [-0.3, -0.25) is 14.9 Å². The van der Waals surface area contributed by atoms with Gasteiger partial charge in [0, 0.05) is 22.4 Å². The van der Waals surface area contributed by atoms with Crippen molar-refractivity contribution in [3.05, 3.63) is 102 Å². The Labute approximate surface area is 200 Å². The normalized spacial score (nSPS) is 10.7. The third-order valence-corrected chi connectivity index (χ3v) is 5.42. The maximum atomic E-state index is 12.8. The Morgan fingerprint density at radius 2 is 1.51 bits per heavy atom. The molecule has 172 valence electrons. The summed E-state index contributed by atoms with van der Waals surface area (Å²) >= 11 is 0. The van der Waals surface area contributed by atoms with Crippen LogP contribution in [0.3, 0.4) is 0 Å². The lowest BCUT2D eigenvalue weighted by molar-refractivity contribution is 0.101. The standard InChI is InChI=1S/C27H20N4O4/c1-34-21-15-11-19(12-16-21)26-30-31-27(35-26)29-24(32)18-9-13-20(14-10-18)28-25(33)23-8-4-6-17-5-2-3-7-22(17)23/h2-16H,1H3,(H,28,33)(H,29,31,32). The number of nitrogens with zero attached hydrogens (tertiary/aromatic N) is 2. The molecule has 0 saturated carbocycles. The smallest absolute Gasteiger partial charge is 0.322 e. The average Bonchev–Trinajstić information content (AvgIpc) is 3.37. The van der Waals surface area contributed by atoms with Crippen LogP contribution in [0.1, 0.15) is 20.7 Å². The minimum Gasteiger partial charge on any atom is -0.497 e. The first kappa shape index (κ1) is 21.8. The summed E-state index contributed by atoms with van der Waals surface area (Å²) in [7, 11) is 1.58. The van der Waals surface area contributed by atoms with Crippen LogP contribution in [0.5, 0.6) is 5.75 Å². The Morgan fingerprint density at radius 3 is 2.29 bits per heavy atom. The number of rotatable bonds is 6. The lowest BCUT2D eigenvalue weighted by Crippen LogP contribution is -2.14. The predicted octanol–water partition coefficient (Wildman–Crippen LogP) is 5.40. The van der Waals surface area contributed by atoms with E-state index < -0.39 is 5.91 Å². The number of nitrogens with one attached hydrogen (secondary N) is 2. The van der Waals surface area contributed by atoms with Crippen molar-refractivity contribution in [2.45, 2.75) is 0 Å². The second-order valence-corrected chi connectivity index (χ2v) is 7.65. The molecule has 0 bridgehead atoms. The summed E-state index contributed by atoms with van der Waals surface area (Å²) in [5.74, 6) is 0.339. The molecule has 8 heteroatoms. The van der Waals surface area contributed by atoms with Gasteiger partial charge < -0.3 is 14.5 Å². The van der Waals surface area contributed by atoms with E-state index in [9.17, 15) is 9.59 Å². The molecular weight excluding hydrogens is 444 g/mol. The van der Waals surface area contributed by atoms with E-state index in [1.807, 2.05) is 36.4 Å². The molecule has 4 aromatic carbocycles. The van der Waals surface area contributed by atoms with Gasteiger partial charge in [0.2, 0.25) is 5.89 Å². The molecule has 2 amide bonds. The van der Waals surface area contributed by atoms with E-state index in [4.69, 9.17) is 9.15 Å². The first-order chi connectivity index (χ1) is 17.1. The van der Waals surface area contributed by atoms with Gasteiger partial charge in [-0.1, -0.05) is 41.5 Å². The third-order valence-electron chi connectivity index (χ3n) is 5.42.